The standard InChI is InChI=1S/C20H28N2O/c1-20(2,3)19(22-13-11-21-12-14-22)18-16-8-6-5-7-15(16)9-10-17(18)23-4/h5-10,19,21H,11-14H2,1-4H3/t19-/m1/s1. The number of nitrogens with one attached hydrogen (secondary N) is 1. The Morgan fingerprint density at radius 2 is 1.74 bits per heavy atom. The zero-order chi connectivity index (χ0) is 16.4. The highest BCUT2D eigenvalue weighted by molar-refractivity contribution is 5.88. The van der Waals surface area contributed by atoms with Gasteiger partial charge in [0.15, 0.2) is 0 Å². The van der Waals surface area contributed by atoms with Crippen molar-refractivity contribution < 1.29 is 4.74 Å². The monoisotopic (exact) mass is 312 g/mol. The molecule has 1 fully saturated rings. The lowest BCUT2D eigenvalue weighted by Gasteiger charge is -2.43. The molecule has 0 spiro atoms. The molecule has 2 aromatic carbocycles. The Morgan fingerprint density at radius 3 is 2.39 bits per heavy atom. The Morgan fingerprint density at radius 1 is 1.04 bits per heavy atom. The van der Waals surface area contributed by atoms with Crippen LogP contribution in [0.4, 0.5) is 0 Å². The van der Waals surface area contributed by atoms with Crippen molar-refractivity contribution in [3.05, 3.63) is 42.0 Å². The van der Waals surface area contributed by atoms with Gasteiger partial charge in [0.05, 0.1) is 7.11 Å². The maximum atomic E-state index is 5.78. The molecule has 1 saturated heterocycles. The Bertz CT molecular complexity index is 669. The molecule has 1 aliphatic heterocycles. The normalized spacial score (nSPS) is 18.1. The molecule has 0 unspecified atom stereocenters. The van der Waals surface area contributed by atoms with Crippen LogP contribution in [0.5, 0.6) is 5.75 Å². The van der Waals surface area contributed by atoms with Gasteiger partial charge in [-0.1, -0.05) is 51.1 Å². The van der Waals surface area contributed by atoms with Crippen LogP contribution in [0.3, 0.4) is 0 Å². The summed E-state index contributed by atoms with van der Waals surface area (Å²) in [5.74, 6) is 1.00. The number of hydrogen-bond donors (Lipinski definition) is 1. The molecule has 1 aliphatic rings. The van der Waals surface area contributed by atoms with E-state index in [0.717, 1.165) is 31.9 Å². The van der Waals surface area contributed by atoms with Crippen LogP contribution in [-0.2, 0) is 0 Å². The minimum Gasteiger partial charge on any atom is -0.496 e. The van der Waals surface area contributed by atoms with Crippen molar-refractivity contribution in [3.8, 4) is 5.75 Å². The van der Waals surface area contributed by atoms with Crippen LogP contribution in [0, 0.1) is 5.41 Å². The maximum absolute atomic E-state index is 5.78. The summed E-state index contributed by atoms with van der Waals surface area (Å²) in [6.07, 6.45) is 0. The Hall–Kier alpha value is -1.58. The van der Waals surface area contributed by atoms with Gasteiger partial charge in [0.1, 0.15) is 5.75 Å². The van der Waals surface area contributed by atoms with E-state index >= 15 is 0 Å². The van der Waals surface area contributed by atoms with Crippen molar-refractivity contribution >= 4 is 10.8 Å². The van der Waals surface area contributed by atoms with Gasteiger partial charge in [0.2, 0.25) is 0 Å². The summed E-state index contributed by atoms with van der Waals surface area (Å²) in [5, 5.41) is 6.06. The van der Waals surface area contributed by atoms with Gasteiger partial charge in [-0.25, -0.2) is 0 Å². The first-order valence-electron chi connectivity index (χ1n) is 8.53. The molecule has 1 N–H and O–H groups in total. The first-order chi connectivity index (χ1) is 11.0. The highest BCUT2D eigenvalue weighted by atomic mass is 16.5. The van der Waals surface area contributed by atoms with E-state index in [9.17, 15) is 0 Å². The molecule has 2 aromatic rings. The molecule has 0 amide bonds. The summed E-state index contributed by atoms with van der Waals surface area (Å²) in [6.45, 7) is 11.3. The second-order valence-electron chi connectivity index (χ2n) is 7.46. The van der Waals surface area contributed by atoms with Crippen molar-refractivity contribution in [2.24, 2.45) is 5.41 Å². The smallest absolute Gasteiger partial charge is 0.124 e. The minimum absolute atomic E-state index is 0.134. The maximum Gasteiger partial charge on any atom is 0.124 e. The van der Waals surface area contributed by atoms with Gasteiger partial charge in [-0.2, -0.15) is 0 Å². The van der Waals surface area contributed by atoms with Crippen molar-refractivity contribution in [1.82, 2.24) is 10.2 Å². The van der Waals surface area contributed by atoms with E-state index in [1.54, 1.807) is 7.11 Å². The van der Waals surface area contributed by atoms with E-state index in [1.165, 1.54) is 16.3 Å². The van der Waals surface area contributed by atoms with Crippen molar-refractivity contribution in [1.29, 1.82) is 0 Å². The fourth-order valence-electron chi connectivity index (χ4n) is 3.84. The number of rotatable bonds is 3. The second-order valence-corrected chi connectivity index (χ2v) is 7.46. The molecule has 124 valence electrons. The Kier molecular flexibility index (Phi) is 4.60. The summed E-state index contributed by atoms with van der Waals surface area (Å²) < 4.78 is 5.78. The molecule has 1 heterocycles. The molecule has 23 heavy (non-hydrogen) atoms. The molecule has 1 atom stereocenters. The highest BCUT2D eigenvalue weighted by Gasteiger charge is 2.35. The third-order valence-electron chi connectivity index (χ3n) is 4.76. The fourth-order valence-corrected chi connectivity index (χ4v) is 3.84. The summed E-state index contributed by atoms with van der Waals surface area (Å²) in [7, 11) is 1.78. The van der Waals surface area contributed by atoms with Gasteiger partial charge in [0, 0.05) is 37.8 Å². The van der Waals surface area contributed by atoms with Crippen molar-refractivity contribution in [2.45, 2.75) is 26.8 Å². The van der Waals surface area contributed by atoms with Crippen LogP contribution in [-0.4, -0.2) is 38.2 Å². The molecule has 3 rings (SSSR count). The van der Waals surface area contributed by atoms with Crippen molar-refractivity contribution in [2.75, 3.05) is 33.3 Å². The number of nitrogens with zero attached hydrogens (tertiary/aromatic N) is 1. The number of benzene rings is 2. The largest absolute Gasteiger partial charge is 0.496 e. The molecular formula is C20H28N2O. The molecular weight excluding hydrogens is 284 g/mol. The number of hydrogen-bond acceptors (Lipinski definition) is 3. The topological polar surface area (TPSA) is 24.5 Å². The van der Waals surface area contributed by atoms with Crippen molar-refractivity contribution in [3.63, 3.8) is 0 Å². The second kappa shape index (κ2) is 6.50. The van der Waals surface area contributed by atoms with E-state index in [-0.39, 0.29) is 5.41 Å². The van der Waals surface area contributed by atoms with Gasteiger partial charge in [-0.3, -0.25) is 4.90 Å². The summed E-state index contributed by atoms with van der Waals surface area (Å²) in [6, 6.07) is 13.3. The van der Waals surface area contributed by atoms with Crippen LogP contribution in [0.1, 0.15) is 32.4 Å². The fraction of sp³-hybridized carbons (Fsp3) is 0.500. The minimum atomic E-state index is 0.134. The van der Waals surface area contributed by atoms with Gasteiger partial charge >= 0.3 is 0 Å². The number of methoxy groups -OCH3 is 1. The van der Waals surface area contributed by atoms with Crippen LogP contribution in [0.2, 0.25) is 0 Å². The average molecular weight is 312 g/mol. The summed E-state index contributed by atoms with van der Waals surface area (Å²) >= 11 is 0. The zero-order valence-electron chi connectivity index (χ0n) is 14.7. The number of ether oxygens (including phenoxy) is 1. The van der Waals surface area contributed by atoms with E-state index in [1.807, 2.05) is 0 Å². The lowest BCUT2D eigenvalue weighted by Crippen LogP contribution is -2.48. The van der Waals surface area contributed by atoms with Crippen LogP contribution < -0.4 is 10.1 Å². The third-order valence-corrected chi connectivity index (χ3v) is 4.76. The molecule has 0 aromatic heterocycles. The lowest BCUT2D eigenvalue weighted by molar-refractivity contribution is 0.0852. The molecule has 0 saturated carbocycles. The molecule has 3 heteroatoms. The summed E-state index contributed by atoms with van der Waals surface area (Å²) in [4.78, 5) is 2.61. The summed E-state index contributed by atoms with van der Waals surface area (Å²) in [5.41, 5.74) is 1.47. The van der Waals surface area contributed by atoms with Gasteiger partial charge in [-0.05, 0) is 22.3 Å². The van der Waals surface area contributed by atoms with Gasteiger partial charge in [0.25, 0.3) is 0 Å². The predicted octanol–water partition coefficient (Wildman–Crippen LogP) is 3.84. The molecule has 0 aliphatic carbocycles. The van der Waals surface area contributed by atoms with Crippen LogP contribution in [0.15, 0.2) is 36.4 Å². The first-order valence-corrected chi connectivity index (χ1v) is 8.53. The quantitative estimate of drug-likeness (QED) is 0.932. The highest BCUT2D eigenvalue weighted by Crippen LogP contribution is 2.45. The first kappa shape index (κ1) is 16.3. The van der Waals surface area contributed by atoms with Crippen LogP contribution in [0.25, 0.3) is 10.8 Å². The molecule has 0 radical (unpaired) electrons. The molecule has 3 nitrogen and oxygen atoms in total. The van der Waals surface area contributed by atoms with Gasteiger partial charge < -0.3 is 10.1 Å². The predicted molar refractivity (Wildman–Crippen MR) is 97.1 cm³/mol. The average Bonchev–Trinajstić information content (AvgIpc) is 2.55. The van der Waals surface area contributed by atoms with Gasteiger partial charge in [-0.15, -0.1) is 0 Å². The van der Waals surface area contributed by atoms with E-state index < -0.39 is 0 Å². The van der Waals surface area contributed by atoms with Crippen LogP contribution >= 0.6 is 0 Å². The Labute approximate surface area is 139 Å². The lowest BCUT2D eigenvalue weighted by atomic mass is 9.79. The number of fused-ring (bicyclic) bond motifs is 1. The molecule has 0 bridgehead atoms. The number of piperazine rings is 1. The van der Waals surface area contributed by atoms with E-state index in [4.69, 9.17) is 4.74 Å². The van der Waals surface area contributed by atoms with E-state index in [0.29, 0.717) is 6.04 Å². The zero-order valence-corrected chi connectivity index (χ0v) is 14.7. The Balaban J connectivity index is 2.20. The van der Waals surface area contributed by atoms with E-state index in [2.05, 4.69) is 67.4 Å². The SMILES string of the molecule is COc1ccc2ccccc2c1[C@@H](N1CCNCC1)C(C)(C)C. The third kappa shape index (κ3) is 3.22.